The molecular formula is C29H36N4O3. The maximum absolute atomic E-state index is 6.19. The highest BCUT2D eigenvalue weighted by Gasteiger charge is 2.14. The second-order valence-corrected chi connectivity index (χ2v) is 9.41. The number of aliphatic imine (C=N–C) groups is 2. The molecule has 0 radical (unpaired) electrons. The monoisotopic (exact) mass is 488 g/mol. The maximum Gasteiger partial charge on any atom is 0.222 e. The van der Waals surface area contributed by atoms with Gasteiger partial charge < -0.3 is 24.4 Å². The molecule has 0 unspecified atom stereocenters. The number of hydrogen-bond acceptors (Lipinski definition) is 7. The summed E-state index contributed by atoms with van der Waals surface area (Å²) in [6.45, 7) is 7.05. The van der Waals surface area contributed by atoms with Gasteiger partial charge in [0, 0.05) is 30.8 Å². The van der Waals surface area contributed by atoms with Gasteiger partial charge in [-0.2, -0.15) is 0 Å². The van der Waals surface area contributed by atoms with E-state index in [-0.39, 0.29) is 0 Å². The van der Waals surface area contributed by atoms with Crippen LogP contribution >= 0.6 is 0 Å². The van der Waals surface area contributed by atoms with Crippen molar-refractivity contribution in [3.63, 3.8) is 0 Å². The van der Waals surface area contributed by atoms with Crippen LogP contribution in [-0.4, -0.2) is 62.6 Å². The van der Waals surface area contributed by atoms with Crippen LogP contribution in [0.2, 0.25) is 0 Å². The Morgan fingerprint density at radius 2 is 1.83 bits per heavy atom. The molecule has 190 valence electrons. The van der Waals surface area contributed by atoms with Gasteiger partial charge in [-0.05, 0) is 67.7 Å². The summed E-state index contributed by atoms with van der Waals surface area (Å²) in [6.07, 6.45) is 8.50. The van der Waals surface area contributed by atoms with Gasteiger partial charge in [-0.15, -0.1) is 0 Å². The molecule has 6 bridgehead atoms. The zero-order valence-electron chi connectivity index (χ0n) is 21.0. The molecule has 1 N–H and O–H groups in total. The topological polar surface area (TPSA) is 67.7 Å². The fourth-order valence-corrected chi connectivity index (χ4v) is 4.74. The number of hydrogen-bond donors (Lipinski definition) is 1. The Balaban J connectivity index is 1.31. The van der Waals surface area contributed by atoms with Crippen molar-refractivity contribution in [2.75, 3.05) is 51.3 Å². The minimum atomic E-state index is 0.466. The van der Waals surface area contributed by atoms with Crippen LogP contribution in [0.25, 0.3) is 0 Å². The lowest BCUT2D eigenvalue weighted by Gasteiger charge is -2.18. The fourth-order valence-electron chi connectivity index (χ4n) is 4.74. The van der Waals surface area contributed by atoms with Crippen molar-refractivity contribution >= 4 is 17.4 Å². The van der Waals surface area contributed by atoms with Crippen molar-refractivity contribution in [2.24, 2.45) is 9.98 Å². The SMILES string of the molecule is C1=C/COCc2cc(ccc2OCCCN2CCCC2)NC2=NCCC(=N2)c2cccc(c2)COC/1. The van der Waals surface area contributed by atoms with E-state index in [0.29, 0.717) is 45.5 Å². The normalized spacial score (nSPS) is 19.9. The van der Waals surface area contributed by atoms with Gasteiger partial charge in [0.25, 0.3) is 0 Å². The molecule has 2 aromatic rings. The van der Waals surface area contributed by atoms with Crippen molar-refractivity contribution in [1.29, 1.82) is 0 Å². The lowest BCUT2D eigenvalue weighted by Crippen LogP contribution is -2.22. The van der Waals surface area contributed by atoms with E-state index < -0.39 is 0 Å². The highest BCUT2D eigenvalue weighted by Crippen LogP contribution is 2.25. The Morgan fingerprint density at radius 3 is 2.72 bits per heavy atom. The van der Waals surface area contributed by atoms with E-state index in [0.717, 1.165) is 53.2 Å². The summed E-state index contributed by atoms with van der Waals surface area (Å²) < 4.78 is 18.0. The number of guanidine groups is 1. The van der Waals surface area contributed by atoms with Crippen LogP contribution in [-0.2, 0) is 22.7 Å². The Bertz CT molecular complexity index is 1110. The van der Waals surface area contributed by atoms with Crippen LogP contribution in [0, 0.1) is 0 Å². The first-order valence-corrected chi connectivity index (χ1v) is 13.1. The van der Waals surface area contributed by atoms with E-state index >= 15 is 0 Å². The number of fused-ring (bicyclic) bond motifs is 6. The number of nitrogens with zero attached hydrogens (tertiary/aromatic N) is 3. The van der Waals surface area contributed by atoms with Crippen LogP contribution in [0.15, 0.2) is 64.6 Å². The summed E-state index contributed by atoms with van der Waals surface area (Å²) >= 11 is 0. The van der Waals surface area contributed by atoms with Gasteiger partial charge in [-0.25, -0.2) is 4.99 Å². The second-order valence-electron chi connectivity index (χ2n) is 9.41. The predicted octanol–water partition coefficient (Wildman–Crippen LogP) is 4.82. The van der Waals surface area contributed by atoms with Crippen molar-refractivity contribution in [3.8, 4) is 5.75 Å². The van der Waals surface area contributed by atoms with Crippen molar-refractivity contribution < 1.29 is 14.2 Å². The molecule has 0 aliphatic carbocycles. The summed E-state index contributed by atoms with van der Waals surface area (Å²) in [4.78, 5) is 12.0. The average molecular weight is 489 g/mol. The summed E-state index contributed by atoms with van der Waals surface area (Å²) in [5.41, 5.74) is 5.24. The third-order valence-corrected chi connectivity index (χ3v) is 6.62. The van der Waals surface area contributed by atoms with E-state index in [9.17, 15) is 0 Å². The highest BCUT2D eigenvalue weighted by molar-refractivity contribution is 6.11. The molecule has 36 heavy (non-hydrogen) atoms. The highest BCUT2D eigenvalue weighted by atomic mass is 16.5. The quantitative estimate of drug-likeness (QED) is 0.483. The number of ether oxygens (including phenoxy) is 3. The zero-order valence-corrected chi connectivity index (χ0v) is 21.0. The average Bonchev–Trinajstić information content (AvgIpc) is 3.43. The number of nitrogens with one attached hydrogen (secondary N) is 1. The Hall–Kier alpha value is -3.00. The second kappa shape index (κ2) is 12.8. The minimum Gasteiger partial charge on any atom is -0.493 e. The molecule has 3 aliphatic heterocycles. The van der Waals surface area contributed by atoms with Gasteiger partial charge in [-0.1, -0.05) is 30.4 Å². The first kappa shape index (κ1) is 24.7. The first-order chi connectivity index (χ1) is 17.8. The summed E-state index contributed by atoms with van der Waals surface area (Å²) in [6, 6.07) is 14.5. The van der Waals surface area contributed by atoms with Gasteiger partial charge in [0.05, 0.1) is 38.7 Å². The lowest BCUT2D eigenvalue weighted by atomic mass is 10.0. The Labute approximate surface area is 213 Å². The number of likely N-dealkylation sites (tertiary alicyclic amines) is 1. The summed E-state index contributed by atoms with van der Waals surface area (Å²) in [5, 5.41) is 3.40. The standard InChI is InChI=1S/C29H36N4O3/c1-2-14-33(13-1)15-6-18-36-28-10-9-26-20-25(28)22-35-17-4-3-16-34-21-23-7-5-8-24(19-23)27-11-12-30-29(31-26)32-27/h3-5,7-10,19-20H,1-2,6,11-18,21-22H2,(H,30,31)/b4-3+. The number of rotatable bonds is 5. The van der Waals surface area contributed by atoms with Gasteiger partial charge >= 0.3 is 0 Å². The molecule has 1 fully saturated rings. The van der Waals surface area contributed by atoms with Crippen molar-refractivity contribution in [3.05, 3.63) is 71.3 Å². The minimum absolute atomic E-state index is 0.466. The fraction of sp³-hybridized carbons (Fsp3) is 0.448. The molecule has 1 saturated heterocycles. The lowest BCUT2D eigenvalue weighted by molar-refractivity contribution is 0.138. The van der Waals surface area contributed by atoms with Gasteiger partial charge in [0.15, 0.2) is 0 Å². The van der Waals surface area contributed by atoms with Crippen LogP contribution in [0.3, 0.4) is 0 Å². The van der Waals surface area contributed by atoms with E-state index in [2.05, 4.69) is 45.5 Å². The molecule has 0 spiro atoms. The molecule has 0 amide bonds. The third-order valence-electron chi connectivity index (χ3n) is 6.62. The van der Waals surface area contributed by atoms with Gasteiger partial charge in [-0.3, -0.25) is 4.99 Å². The third kappa shape index (κ3) is 7.03. The van der Waals surface area contributed by atoms with Gasteiger partial charge in [0.2, 0.25) is 5.96 Å². The maximum atomic E-state index is 6.19. The first-order valence-electron chi connectivity index (χ1n) is 13.1. The van der Waals surface area contributed by atoms with Crippen LogP contribution < -0.4 is 10.1 Å². The van der Waals surface area contributed by atoms with E-state index in [1.807, 2.05) is 24.3 Å². The molecule has 7 heteroatoms. The number of benzene rings is 2. The number of anilines is 1. The largest absolute Gasteiger partial charge is 0.493 e. The van der Waals surface area contributed by atoms with Crippen LogP contribution in [0.5, 0.6) is 5.75 Å². The van der Waals surface area contributed by atoms with Gasteiger partial charge in [0.1, 0.15) is 5.75 Å². The molecule has 0 atom stereocenters. The molecule has 3 aliphatic rings. The van der Waals surface area contributed by atoms with E-state index in [1.165, 1.54) is 25.9 Å². The summed E-state index contributed by atoms with van der Waals surface area (Å²) in [7, 11) is 0. The predicted molar refractivity (Wildman–Crippen MR) is 144 cm³/mol. The Kier molecular flexibility index (Phi) is 8.78. The molecule has 0 saturated carbocycles. The van der Waals surface area contributed by atoms with Crippen molar-refractivity contribution in [1.82, 2.24) is 4.90 Å². The molecule has 2 aromatic carbocycles. The molecule has 5 rings (SSSR count). The molecule has 7 nitrogen and oxygen atoms in total. The Morgan fingerprint density at radius 1 is 0.972 bits per heavy atom. The van der Waals surface area contributed by atoms with E-state index in [4.69, 9.17) is 19.2 Å². The van der Waals surface area contributed by atoms with Crippen molar-refractivity contribution in [2.45, 2.75) is 38.9 Å². The molecular weight excluding hydrogens is 452 g/mol. The van der Waals surface area contributed by atoms with Crippen LogP contribution in [0.1, 0.15) is 42.4 Å². The van der Waals surface area contributed by atoms with E-state index in [1.54, 1.807) is 0 Å². The van der Waals surface area contributed by atoms with Crippen LogP contribution in [0.4, 0.5) is 5.69 Å². The smallest absolute Gasteiger partial charge is 0.222 e. The zero-order chi connectivity index (χ0) is 24.4. The summed E-state index contributed by atoms with van der Waals surface area (Å²) in [5.74, 6) is 1.50. The molecule has 0 aromatic heterocycles. The molecule has 3 heterocycles.